The van der Waals surface area contributed by atoms with Crippen LogP contribution < -0.4 is 0 Å². The molecule has 1 aromatic carbocycles. The van der Waals surface area contributed by atoms with Crippen molar-refractivity contribution in [3.05, 3.63) is 35.4 Å². The van der Waals surface area contributed by atoms with Crippen molar-refractivity contribution in [2.24, 2.45) is 4.40 Å². The maximum absolute atomic E-state index is 3.90. The molecule has 0 radical (unpaired) electrons. The van der Waals surface area contributed by atoms with Crippen molar-refractivity contribution >= 4 is 18.5 Å². The summed E-state index contributed by atoms with van der Waals surface area (Å²) < 4.78 is 3.87. The highest BCUT2D eigenvalue weighted by molar-refractivity contribution is 7.79. The number of aryl methyl sites for hydroxylation is 1. The van der Waals surface area contributed by atoms with E-state index in [9.17, 15) is 0 Å². The molecule has 1 aromatic rings. The quantitative estimate of drug-likeness (QED) is 0.558. The van der Waals surface area contributed by atoms with Gasteiger partial charge in [0.25, 0.3) is 0 Å². The summed E-state index contributed by atoms with van der Waals surface area (Å²) in [4.78, 5) is 0. The Bertz CT molecular complexity index is 305. The molecule has 13 heavy (non-hydrogen) atoms. The molecular weight excluding hydrogens is 178 g/mol. The number of hydrogen-bond acceptors (Lipinski definition) is 2. The molecule has 1 nitrogen and oxygen atoms in total. The minimum absolute atomic E-state index is 0.973. The van der Waals surface area contributed by atoms with Gasteiger partial charge in [-0.1, -0.05) is 31.5 Å². The Kier molecular flexibility index (Phi) is 4.03. The fourth-order valence-corrected chi connectivity index (χ4v) is 1.41. The zero-order chi connectivity index (χ0) is 9.68. The molecule has 2 heteroatoms. The lowest BCUT2D eigenvalue weighted by molar-refractivity contribution is 0.921. The fourth-order valence-electron chi connectivity index (χ4n) is 1.30. The van der Waals surface area contributed by atoms with E-state index in [1.807, 2.05) is 6.92 Å². The van der Waals surface area contributed by atoms with E-state index in [1.54, 1.807) is 0 Å². The van der Waals surface area contributed by atoms with Crippen molar-refractivity contribution in [1.82, 2.24) is 0 Å². The molecule has 0 aliphatic heterocycles. The predicted molar refractivity (Wildman–Crippen MR) is 61.6 cm³/mol. The summed E-state index contributed by atoms with van der Waals surface area (Å²) in [6.07, 6.45) is 2.31. The second kappa shape index (κ2) is 5.07. The van der Waals surface area contributed by atoms with Crippen LogP contribution in [0.3, 0.4) is 0 Å². The van der Waals surface area contributed by atoms with Crippen LogP contribution in [0.5, 0.6) is 0 Å². The summed E-state index contributed by atoms with van der Waals surface area (Å²) >= 11 is 3.90. The van der Waals surface area contributed by atoms with Crippen LogP contribution in [0.4, 0.5) is 0 Å². The second-order valence-corrected chi connectivity index (χ2v) is 3.34. The topological polar surface area (TPSA) is 12.4 Å². The average Bonchev–Trinajstić information content (AvgIpc) is 2.18. The maximum Gasteiger partial charge on any atom is 0.0525 e. The molecule has 0 aromatic heterocycles. The first-order valence-electron chi connectivity index (χ1n) is 4.56. The van der Waals surface area contributed by atoms with Crippen molar-refractivity contribution < 1.29 is 0 Å². The summed E-state index contributed by atoms with van der Waals surface area (Å²) in [7, 11) is 0. The first-order chi connectivity index (χ1) is 6.27. The Morgan fingerprint density at radius 3 is 2.85 bits per heavy atom. The van der Waals surface area contributed by atoms with E-state index < -0.39 is 0 Å². The molecule has 0 N–H and O–H groups in total. The van der Waals surface area contributed by atoms with Crippen LogP contribution >= 0.6 is 12.8 Å². The smallest absolute Gasteiger partial charge is 0.0525 e. The molecule has 0 fully saturated rings. The van der Waals surface area contributed by atoms with Crippen molar-refractivity contribution in [2.45, 2.75) is 26.7 Å². The molecule has 0 spiro atoms. The van der Waals surface area contributed by atoms with Crippen LogP contribution in [0.15, 0.2) is 28.7 Å². The molecule has 0 bridgehead atoms. The van der Waals surface area contributed by atoms with Crippen LogP contribution in [-0.4, -0.2) is 5.71 Å². The van der Waals surface area contributed by atoms with Gasteiger partial charge in [0.15, 0.2) is 0 Å². The van der Waals surface area contributed by atoms with E-state index in [2.05, 4.69) is 48.4 Å². The minimum atomic E-state index is 0.973. The number of thiol groups is 1. The summed E-state index contributed by atoms with van der Waals surface area (Å²) in [5, 5.41) is 0. The van der Waals surface area contributed by atoms with E-state index in [1.165, 1.54) is 17.5 Å². The molecule has 1 rings (SSSR count). The van der Waals surface area contributed by atoms with Gasteiger partial charge >= 0.3 is 0 Å². The van der Waals surface area contributed by atoms with E-state index in [0.29, 0.717) is 0 Å². The second-order valence-electron chi connectivity index (χ2n) is 3.14. The zero-order valence-electron chi connectivity index (χ0n) is 8.12. The Morgan fingerprint density at radius 2 is 2.23 bits per heavy atom. The molecule has 70 valence electrons. The lowest BCUT2D eigenvalue weighted by Gasteiger charge is -2.02. The van der Waals surface area contributed by atoms with E-state index in [0.717, 1.165) is 12.1 Å². The maximum atomic E-state index is 3.90. The van der Waals surface area contributed by atoms with Gasteiger partial charge in [-0.25, -0.2) is 4.40 Å². The number of nitrogens with zero attached hydrogens (tertiary/aromatic N) is 1. The zero-order valence-corrected chi connectivity index (χ0v) is 9.01. The third-order valence-corrected chi connectivity index (χ3v) is 2.33. The normalized spacial score (nSPS) is 11.8. The van der Waals surface area contributed by atoms with Gasteiger partial charge in [0.1, 0.15) is 0 Å². The van der Waals surface area contributed by atoms with Gasteiger partial charge in [-0.05, 0) is 43.4 Å². The Balaban J connectivity index is 2.91. The first-order valence-corrected chi connectivity index (χ1v) is 4.96. The third kappa shape index (κ3) is 2.88. The molecule has 0 aliphatic carbocycles. The van der Waals surface area contributed by atoms with E-state index in [-0.39, 0.29) is 0 Å². The molecule has 0 unspecified atom stereocenters. The molecule has 0 saturated heterocycles. The fraction of sp³-hybridized carbons (Fsp3) is 0.364. The van der Waals surface area contributed by atoms with Gasteiger partial charge in [-0.15, -0.1) is 0 Å². The van der Waals surface area contributed by atoms with E-state index >= 15 is 0 Å². The molecule has 0 amide bonds. The highest BCUT2D eigenvalue weighted by Crippen LogP contribution is 2.09. The van der Waals surface area contributed by atoms with Crippen molar-refractivity contribution in [2.75, 3.05) is 0 Å². The summed E-state index contributed by atoms with van der Waals surface area (Å²) in [6, 6.07) is 8.47. The highest BCUT2D eigenvalue weighted by Gasteiger charge is 1.97. The van der Waals surface area contributed by atoms with Gasteiger partial charge in [-0.3, -0.25) is 0 Å². The van der Waals surface area contributed by atoms with Gasteiger partial charge in [0, 0.05) is 0 Å². The van der Waals surface area contributed by atoms with Crippen LogP contribution in [-0.2, 0) is 6.42 Å². The summed E-state index contributed by atoms with van der Waals surface area (Å²) in [5.41, 5.74) is 3.51. The number of rotatable bonds is 3. The first kappa shape index (κ1) is 10.3. The van der Waals surface area contributed by atoms with Gasteiger partial charge < -0.3 is 0 Å². The summed E-state index contributed by atoms with van der Waals surface area (Å²) in [5.74, 6) is 0. The Hall–Kier alpha value is -0.760. The van der Waals surface area contributed by atoms with Crippen LogP contribution in [0.1, 0.15) is 31.4 Å². The predicted octanol–water partition coefficient (Wildman–Crippen LogP) is 3.29. The third-order valence-electron chi connectivity index (χ3n) is 2.03. The van der Waals surface area contributed by atoms with Gasteiger partial charge in [0.2, 0.25) is 0 Å². The SMILES string of the molecule is CCCc1cccc(C(C)=NS)c1. The molecule has 0 atom stereocenters. The van der Waals surface area contributed by atoms with Crippen molar-refractivity contribution in [1.29, 1.82) is 0 Å². The molecule has 0 aliphatic rings. The van der Waals surface area contributed by atoms with Crippen molar-refractivity contribution in [3.63, 3.8) is 0 Å². The Morgan fingerprint density at radius 1 is 1.46 bits per heavy atom. The highest BCUT2D eigenvalue weighted by atomic mass is 32.1. The molecular formula is C11H15NS. The molecule has 0 heterocycles. The standard InChI is InChI=1S/C11H15NS/c1-3-5-10-6-4-7-11(8-10)9(2)12-13/h4,6-8,13H,3,5H2,1-2H3. The van der Waals surface area contributed by atoms with Crippen LogP contribution in [0.25, 0.3) is 0 Å². The largest absolute Gasteiger partial charge is 0.224 e. The van der Waals surface area contributed by atoms with Gasteiger partial charge in [-0.2, -0.15) is 0 Å². The minimum Gasteiger partial charge on any atom is -0.224 e. The Labute approximate surface area is 85.4 Å². The number of hydrogen-bond donors (Lipinski definition) is 1. The van der Waals surface area contributed by atoms with Crippen LogP contribution in [0, 0.1) is 0 Å². The van der Waals surface area contributed by atoms with Crippen molar-refractivity contribution in [3.8, 4) is 0 Å². The monoisotopic (exact) mass is 193 g/mol. The number of benzene rings is 1. The lowest BCUT2D eigenvalue weighted by atomic mass is 10.0. The summed E-state index contributed by atoms with van der Waals surface area (Å²) in [6.45, 7) is 4.16. The van der Waals surface area contributed by atoms with E-state index in [4.69, 9.17) is 0 Å². The van der Waals surface area contributed by atoms with Crippen LogP contribution in [0.2, 0.25) is 0 Å². The van der Waals surface area contributed by atoms with Gasteiger partial charge in [0.05, 0.1) is 5.71 Å². The average molecular weight is 193 g/mol. The molecule has 0 saturated carbocycles. The lowest BCUT2D eigenvalue weighted by Crippen LogP contribution is -1.94.